The Balaban J connectivity index is 1.95. The minimum Gasteiger partial charge on any atom is -0.440 e. The van der Waals surface area contributed by atoms with Crippen LogP contribution in [0.1, 0.15) is 64.6 Å². The van der Waals surface area contributed by atoms with Crippen LogP contribution >= 0.6 is 11.3 Å². The van der Waals surface area contributed by atoms with Crippen molar-refractivity contribution in [3.63, 3.8) is 0 Å². The fourth-order valence-corrected chi connectivity index (χ4v) is 6.71. The molecule has 1 unspecified atom stereocenters. The second kappa shape index (κ2) is 10.9. The predicted octanol–water partition coefficient (Wildman–Crippen LogP) is 6.42. The van der Waals surface area contributed by atoms with E-state index in [1.807, 2.05) is 25.1 Å². The molecule has 7 nitrogen and oxygen atoms in total. The zero-order valence-corrected chi connectivity index (χ0v) is 25.5. The van der Waals surface area contributed by atoms with E-state index in [1.165, 1.54) is 0 Å². The molecule has 2 aromatic rings. The number of carbonyl (C=O) groups is 1. The molecule has 1 aromatic carbocycles. The second-order valence-corrected chi connectivity index (χ2v) is 18.4. The predicted molar refractivity (Wildman–Crippen MR) is 150 cm³/mol. The maximum Gasteiger partial charge on any atom is 0.407 e. The van der Waals surface area contributed by atoms with Gasteiger partial charge >= 0.3 is 6.09 Å². The van der Waals surface area contributed by atoms with Crippen LogP contribution in [0.15, 0.2) is 24.3 Å². The average molecular weight is 533 g/mol. The van der Waals surface area contributed by atoms with Gasteiger partial charge in [0.25, 0.3) is 0 Å². The first-order valence-electron chi connectivity index (χ1n) is 12.8. The lowest BCUT2D eigenvalue weighted by molar-refractivity contribution is -0.0161. The van der Waals surface area contributed by atoms with E-state index in [4.69, 9.17) is 9.16 Å². The fraction of sp³-hybridized carbons (Fsp3) is 0.667. The van der Waals surface area contributed by atoms with Crippen molar-refractivity contribution in [1.82, 2.24) is 20.4 Å². The molecule has 1 fully saturated rings. The summed E-state index contributed by atoms with van der Waals surface area (Å²) in [6.45, 7) is 21.8. The number of hydrogen-bond donors (Lipinski definition) is 1. The Hall–Kier alpha value is -1.81. The molecular weight excluding hydrogens is 488 g/mol. The molecule has 9 heteroatoms. The third-order valence-corrected chi connectivity index (χ3v) is 12.9. The van der Waals surface area contributed by atoms with Gasteiger partial charge in [-0.05, 0) is 48.5 Å². The third kappa shape index (κ3) is 6.73. The maximum atomic E-state index is 12.6. The van der Waals surface area contributed by atoms with E-state index >= 15 is 0 Å². The Bertz CT molecular complexity index is 1040. The van der Waals surface area contributed by atoms with Crippen LogP contribution in [-0.4, -0.2) is 61.8 Å². The number of nitrogens with zero attached hydrogens (tertiary/aromatic N) is 3. The molecule has 1 amide bonds. The van der Waals surface area contributed by atoms with Crippen molar-refractivity contribution in [2.75, 3.05) is 20.1 Å². The highest BCUT2D eigenvalue weighted by atomic mass is 32.1. The number of amides is 1. The Labute approximate surface area is 222 Å². The van der Waals surface area contributed by atoms with Crippen LogP contribution in [-0.2, 0) is 9.16 Å². The van der Waals surface area contributed by atoms with Gasteiger partial charge in [-0.1, -0.05) is 71.1 Å². The molecule has 1 aliphatic rings. The number of alkyl carbamates (subject to hydrolysis) is 1. The Morgan fingerprint density at radius 2 is 1.89 bits per heavy atom. The molecule has 0 saturated carbocycles. The van der Waals surface area contributed by atoms with Crippen molar-refractivity contribution >= 4 is 25.7 Å². The van der Waals surface area contributed by atoms with Gasteiger partial charge in [-0.15, -0.1) is 10.2 Å². The SMILES string of the molecule is CNC(=O)O[C@H](c1cccc(-c2nnc(C)s2)c1)C(N1CC[C@H](O[Si](C)(C)C(C)(C)C)C1)C(C)(C)C. The molecule has 2 heterocycles. The highest BCUT2D eigenvalue weighted by Gasteiger charge is 2.45. The van der Waals surface area contributed by atoms with Crippen LogP contribution in [0.25, 0.3) is 10.6 Å². The number of rotatable bonds is 7. The number of carbonyl (C=O) groups excluding carboxylic acids is 1. The average Bonchev–Trinajstić information content (AvgIpc) is 3.40. The van der Waals surface area contributed by atoms with E-state index in [0.717, 1.165) is 40.7 Å². The largest absolute Gasteiger partial charge is 0.440 e. The summed E-state index contributed by atoms with van der Waals surface area (Å²) in [5.41, 5.74) is 1.79. The summed E-state index contributed by atoms with van der Waals surface area (Å²) in [6, 6.07) is 8.14. The van der Waals surface area contributed by atoms with Gasteiger partial charge in [0.15, 0.2) is 8.32 Å². The summed E-state index contributed by atoms with van der Waals surface area (Å²) in [5.74, 6) is 0. The molecule has 1 aromatic heterocycles. The third-order valence-electron chi connectivity index (χ3n) is 7.44. The molecule has 1 N–H and O–H groups in total. The van der Waals surface area contributed by atoms with Crippen molar-refractivity contribution in [2.24, 2.45) is 5.41 Å². The first-order chi connectivity index (χ1) is 16.6. The summed E-state index contributed by atoms with van der Waals surface area (Å²) in [7, 11) is -0.278. The molecule has 36 heavy (non-hydrogen) atoms. The van der Waals surface area contributed by atoms with Crippen molar-refractivity contribution in [2.45, 2.75) is 91.3 Å². The van der Waals surface area contributed by atoms with Crippen LogP contribution in [0.4, 0.5) is 4.79 Å². The molecule has 3 atom stereocenters. The van der Waals surface area contributed by atoms with Crippen molar-refractivity contribution in [1.29, 1.82) is 0 Å². The van der Waals surface area contributed by atoms with Gasteiger partial charge in [-0.2, -0.15) is 0 Å². The number of aromatic nitrogens is 2. The molecule has 1 aliphatic heterocycles. The quantitative estimate of drug-likeness (QED) is 0.415. The monoisotopic (exact) mass is 532 g/mol. The Kier molecular flexibility index (Phi) is 8.70. The fourth-order valence-electron chi connectivity index (χ4n) is 4.64. The normalized spacial score (nSPS) is 19.2. The van der Waals surface area contributed by atoms with Gasteiger partial charge in [-0.3, -0.25) is 4.90 Å². The summed E-state index contributed by atoms with van der Waals surface area (Å²) < 4.78 is 12.9. The molecule has 0 aliphatic carbocycles. The number of nitrogens with one attached hydrogen (secondary N) is 1. The zero-order chi connectivity index (χ0) is 26.9. The highest BCUT2D eigenvalue weighted by Crippen LogP contribution is 2.42. The van der Waals surface area contributed by atoms with Crippen LogP contribution in [0.3, 0.4) is 0 Å². The summed E-state index contributed by atoms with van der Waals surface area (Å²) in [6.07, 6.45) is 0.285. The number of likely N-dealkylation sites (tertiary alicyclic amines) is 1. The van der Waals surface area contributed by atoms with E-state index in [2.05, 4.69) is 81.1 Å². The number of benzene rings is 1. The zero-order valence-electron chi connectivity index (χ0n) is 23.6. The summed E-state index contributed by atoms with van der Waals surface area (Å²) in [4.78, 5) is 15.0. The molecule has 0 bridgehead atoms. The molecule has 1 saturated heterocycles. The Morgan fingerprint density at radius 1 is 1.19 bits per heavy atom. The molecular formula is C27H44N4O3SSi. The number of aryl methyl sites for hydroxylation is 1. The van der Waals surface area contributed by atoms with Gasteiger partial charge in [0.2, 0.25) is 0 Å². The first kappa shape index (κ1) is 28.8. The van der Waals surface area contributed by atoms with Crippen molar-refractivity contribution < 1.29 is 14.0 Å². The van der Waals surface area contributed by atoms with Gasteiger partial charge in [-0.25, -0.2) is 4.79 Å². The molecule has 3 rings (SSSR count). The smallest absolute Gasteiger partial charge is 0.407 e. The lowest BCUT2D eigenvalue weighted by Gasteiger charge is -2.43. The number of ether oxygens (including phenoxy) is 1. The van der Waals surface area contributed by atoms with E-state index in [1.54, 1.807) is 18.4 Å². The number of hydrogen-bond acceptors (Lipinski definition) is 7. The van der Waals surface area contributed by atoms with Crippen molar-refractivity contribution in [3.8, 4) is 10.6 Å². The molecule has 0 radical (unpaired) electrons. The van der Waals surface area contributed by atoms with Crippen molar-refractivity contribution in [3.05, 3.63) is 34.8 Å². The van der Waals surface area contributed by atoms with Crippen LogP contribution in [0.2, 0.25) is 18.1 Å². The van der Waals surface area contributed by atoms with Gasteiger partial charge in [0.05, 0.1) is 12.1 Å². The lowest BCUT2D eigenvalue weighted by atomic mass is 9.80. The molecule has 200 valence electrons. The van der Waals surface area contributed by atoms with Crippen LogP contribution < -0.4 is 5.32 Å². The standard InChI is InChI=1S/C27H44N4O3SSi/c1-18-29-30-24(35-18)20-13-11-12-19(16-20)22(33-25(32)28-8)23(26(2,3)4)31-15-14-21(17-31)34-36(9,10)27(5,6)7/h11-13,16,21-23H,14-15,17H2,1-10H3,(H,28,32)/t21-,22+,23?/m0/s1. The van der Waals surface area contributed by atoms with E-state index in [-0.39, 0.29) is 22.6 Å². The summed E-state index contributed by atoms with van der Waals surface area (Å²) >= 11 is 1.56. The van der Waals surface area contributed by atoms with Gasteiger partial charge < -0.3 is 14.5 Å². The second-order valence-electron chi connectivity index (χ2n) is 12.4. The van der Waals surface area contributed by atoms with E-state index < -0.39 is 20.5 Å². The first-order valence-corrected chi connectivity index (χ1v) is 16.6. The summed E-state index contributed by atoms with van der Waals surface area (Å²) in [5, 5.41) is 13.1. The van der Waals surface area contributed by atoms with Crippen LogP contribution in [0, 0.1) is 12.3 Å². The minimum absolute atomic E-state index is 0.0331. The van der Waals surface area contributed by atoms with Gasteiger partial charge in [0.1, 0.15) is 16.1 Å². The van der Waals surface area contributed by atoms with Crippen LogP contribution in [0.5, 0.6) is 0 Å². The maximum absolute atomic E-state index is 12.6. The minimum atomic E-state index is -1.88. The van der Waals surface area contributed by atoms with E-state index in [0.29, 0.717) is 0 Å². The van der Waals surface area contributed by atoms with Gasteiger partial charge in [0, 0.05) is 25.7 Å². The molecule has 0 spiro atoms. The van der Waals surface area contributed by atoms with E-state index in [9.17, 15) is 4.79 Å². The highest BCUT2D eigenvalue weighted by molar-refractivity contribution is 7.14. The Morgan fingerprint density at radius 3 is 2.44 bits per heavy atom. The lowest BCUT2D eigenvalue weighted by Crippen LogP contribution is -2.50. The topological polar surface area (TPSA) is 76.6 Å².